The maximum Gasteiger partial charge on any atom is 0.307 e. The van der Waals surface area contributed by atoms with Gasteiger partial charge in [-0.15, -0.1) is 0 Å². The Kier molecular flexibility index (Phi) is 2.95. The molecule has 0 aliphatic rings. The molecule has 0 radical (unpaired) electrons. The van der Waals surface area contributed by atoms with Crippen molar-refractivity contribution in [2.24, 2.45) is 0 Å². The highest BCUT2D eigenvalue weighted by atomic mass is 79.9. The molecule has 0 bridgehead atoms. The number of aliphatic carboxylic acids is 1. The largest absolute Gasteiger partial charge is 0.505 e. The van der Waals surface area contributed by atoms with Crippen LogP contribution in [0.3, 0.4) is 0 Å². The number of halogens is 2. The first kappa shape index (κ1) is 10.8. The van der Waals surface area contributed by atoms with Gasteiger partial charge in [0.1, 0.15) is 0 Å². The van der Waals surface area contributed by atoms with Crippen LogP contribution in [0, 0.1) is 5.82 Å². The number of benzene rings is 1. The van der Waals surface area contributed by atoms with Crippen LogP contribution in [0.1, 0.15) is 5.56 Å². The Balaban J connectivity index is 3.25. The highest BCUT2D eigenvalue weighted by molar-refractivity contribution is 9.10. The Morgan fingerprint density at radius 3 is 2.50 bits per heavy atom. The summed E-state index contributed by atoms with van der Waals surface area (Å²) in [7, 11) is 0. The van der Waals surface area contributed by atoms with Gasteiger partial charge in [0.2, 0.25) is 5.82 Å². The van der Waals surface area contributed by atoms with Crippen molar-refractivity contribution in [1.29, 1.82) is 0 Å². The van der Waals surface area contributed by atoms with Gasteiger partial charge in [0, 0.05) is 5.56 Å². The number of carboxylic acids is 1. The summed E-state index contributed by atoms with van der Waals surface area (Å²) in [5.74, 6) is -4.00. The van der Waals surface area contributed by atoms with Crippen molar-refractivity contribution in [3.63, 3.8) is 0 Å². The average molecular weight is 265 g/mol. The maximum atomic E-state index is 13.0. The topological polar surface area (TPSA) is 77.8 Å². The van der Waals surface area contributed by atoms with Crippen LogP contribution in [0.4, 0.5) is 4.39 Å². The van der Waals surface area contributed by atoms with Gasteiger partial charge >= 0.3 is 5.97 Å². The molecular weight excluding hydrogens is 259 g/mol. The highest BCUT2D eigenvalue weighted by Crippen LogP contribution is 2.35. The zero-order chi connectivity index (χ0) is 10.9. The van der Waals surface area contributed by atoms with Gasteiger partial charge in [0.05, 0.1) is 10.9 Å². The van der Waals surface area contributed by atoms with E-state index in [1.165, 1.54) is 0 Å². The lowest BCUT2D eigenvalue weighted by molar-refractivity contribution is -0.136. The Bertz CT molecular complexity index is 391. The fourth-order valence-corrected chi connectivity index (χ4v) is 1.40. The van der Waals surface area contributed by atoms with E-state index in [0.717, 1.165) is 6.07 Å². The van der Waals surface area contributed by atoms with Gasteiger partial charge in [0.25, 0.3) is 0 Å². The van der Waals surface area contributed by atoms with Crippen LogP contribution >= 0.6 is 15.9 Å². The lowest BCUT2D eigenvalue weighted by Crippen LogP contribution is -2.01. The van der Waals surface area contributed by atoms with E-state index in [4.69, 9.17) is 15.3 Å². The van der Waals surface area contributed by atoms with Crippen LogP contribution in [0.2, 0.25) is 0 Å². The van der Waals surface area contributed by atoms with Crippen molar-refractivity contribution < 1.29 is 24.5 Å². The zero-order valence-corrected chi connectivity index (χ0v) is 8.38. The molecule has 0 amide bonds. The van der Waals surface area contributed by atoms with E-state index in [1.54, 1.807) is 0 Å². The van der Waals surface area contributed by atoms with Crippen LogP contribution < -0.4 is 0 Å². The molecule has 0 fully saturated rings. The zero-order valence-electron chi connectivity index (χ0n) is 6.79. The SMILES string of the molecule is O=C(O)Cc1cc(Br)c(O)c(F)c1O. The van der Waals surface area contributed by atoms with Gasteiger partial charge < -0.3 is 15.3 Å². The summed E-state index contributed by atoms with van der Waals surface area (Å²) in [4.78, 5) is 10.3. The van der Waals surface area contributed by atoms with E-state index in [0.29, 0.717) is 0 Å². The molecule has 3 N–H and O–H groups in total. The summed E-state index contributed by atoms with van der Waals surface area (Å²) in [5.41, 5.74) is -0.0975. The minimum atomic E-state index is -1.23. The third-order valence-electron chi connectivity index (χ3n) is 1.59. The third-order valence-corrected chi connectivity index (χ3v) is 2.19. The van der Waals surface area contributed by atoms with Crippen molar-refractivity contribution in [1.82, 2.24) is 0 Å². The fraction of sp³-hybridized carbons (Fsp3) is 0.125. The maximum absolute atomic E-state index is 13.0. The summed E-state index contributed by atoms with van der Waals surface area (Å²) in [6.45, 7) is 0. The average Bonchev–Trinajstić information content (AvgIpc) is 2.10. The second-order valence-corrected chi connectivity index (χ2v) is 3.45. The Morgan fingerprint density at radius 1 is 1.43 bits per heavy atom. The summed E-state index contributed by atoms with van der Waals surface area (Å²) in [6, 6.07) is 1.15. The second kappa shape index (κ2) is 3.83. The van der Waals surface area contributed by atoms with Crippen LogP contribution in [0.25, 0.3) is 0 Å². The molecular formula is C8H6BrFO4. The first-order chi connectivity index (χ1) is 6.43. The van der Waals surface area contributed by atoms with Gasteiger partial charge in [-0.3, -0.25) is 4.79 Å². The number of hydrogen-bond donors (Lipinski definition) is 3. The van der Waals surface area contributed by atoms with E-state index < -0.39 is 29.7 Å². The predicted molar refractivity (Wildman–Crippen MR) is 48.8 cm³/mol. The van der Waals surface area contributed by atoms with E-state index in [-0.39, 0.29) is 10.0 Å². The summed E-state index contributed by atoms with van der Waals surface area (Å²) in [6.07, 6.45) is -0.512. The molecule has 0 aliphatic carbocycles. The van der Waals surface area contributed by atoms with Gasteiger partial charge in [-0.1, -0.05) is 0 Å². The number of carboxylic acid groups (broad SMARTS) is 1. The van der Waals surface area contributed by atoms with E-state index >= 15 is 0 Å². The lowest BCUT2D eigenvalue weighted by Gasteiger charge is -2.06. The molecule has 0 spiro atoms. The van der Waals surface area contributed by atoms with Crippen molar-refractivity contribution in [3.05, 3.63) is 21.9 Å². The number of carbonyl (C=O) groups is 1. The number of hydrogen-bond acceptors (Lipinski definition) is 3. The number of rotatable bonds is 2. The van der Waals surface area contributed by atoms with Crippen molar-refractivity contribution in [3.8, 4) is 11.5 Å². The van der Waals surface area contributed by atoms with Gasteiger partial charge in [0.15, 0.2) is 11.5 Å². The monoisotopic (exact) mass is 264 g/mol. The molecule has 0 aliphatic heterocycles. The van der Waals surface area contributed by atoms with Gasteiger partial charge in [-0.25, -0.2) is 0 Å². The molecule has 0 unspecified atom stereocenters. The molecule has 0 aromatic heterocycles. The molecule has 0 saturated heterocycles. The van der Waals surface area contributed by atoms with Crippen molar-refractivity contribution in [2.75, 3.05) is 0 Å². The van der Waals surface area contributed by atoms with Gasteiger partial charge in [-0.05, 0) is 22.0 Å². The Labute approximate surface area is 86.7 Å². The van der Waals surface area contributed by atoms with Crippen LogP contribution in [-0.4, -0.2) is 21.3 Å². The minimum Gasteiger partial charge on any atom is -0.505 e. The molecule has 76 valence electrons. The van der Waals surface area contributed by atoms with E-state index in [9.17, 15) is 9.18 Å². The Hall–Kier alpha value is -1.30. The molecule has 0 heterocycles. The van der Waals surface area contributed by atoms with Crippen LogP contribution in [0.15, 0.2) is 10.5 Å². The quantitative estimate of drug-likeness (QED) is 0.759. The lowest BCUT2D eigenvalue weighted by atomic mass is 10.1. The van der Waals surface area contributed by atoms with Gasteiger partial charge in [-0.2, -0.15) is 4.39 Å². The molecule has 14 heavy (non-hydrogen) atoms. The number of phenols is 2. The molecule has 1 aromatic rings. The summed E-state index contributed by atoms with van der Waals surface area (Å²) in [5, 5.41) is 26.6. The number of phenolic OH excluding ortho intramolecular Hbond substituents is 2. The molecule has 1 aromatic carbocycles. The predicted octanol–water partition coefficient (Wildman–Crippen LogP) is 1.63. The number of aromatic hydroxyl groups is 2. The molecule has 4 nitrogen and oxygen atoms in total. The smallest absolute Gasteiger partial charge is 0.307 e. The van der Waals surface area contributed by atoms with Crippen molar-refractivity contribution in [2.45, 2.75) is 6.42 Å². The molecule has 1 rings (SSSR count). The fourth-order valence-electron chi connectivity index (χ4n) is 0.945. The standard InChI is InChI=1S/C8H6BrFO4/c9-4-1-3(2-5(11)12)7(13)6(10)8(4)14/h1,13-14H,2H2,(H,11,12). The van der Waals surface area contributed by atoms with Crippen LogP contribution in [0.5, 0.6) is 11.5 Å². The van der Waals surface area contributed by atoms with E-state index in [1.807, 2.05) is 0 Å². The highest BCUT2D eigenvalue weighted by Gasteiger charge is 2.17. The summed E-state index contributed by atoms with van der Waals surface area (Å²) < 4.78 is 13.0. The molecule has 0 saturated carbocycles. The first-order valence-corrected chi connectivity index (χ1v) is 4.33. The van der Waals surface area contributed by atoms with Crippen molar-refractivity contribution >= 4 is 21.9 Å². The second-order valence-electron chi connectivity index (χ2n) is 2.60. The summed E-state index contributed by atoms with van der Waals surface area (Å²) >= 11 is 2.83. The third kappa shape index (κ3) is 1.95. The molecule has 0 atom stereocenters. The first-order valence-electron chi connectivity index (χ1n) is 3.54. The van der Waals surface area contributed by atoms with E-state index in [2.05, 4.69) is 15.9 Å². The minimum absolute atomic E-state index is 0.00375. The Morgan fingerprint density at radius 2 is 2.00 bits per heavy atom. The molecule has 6 heteroatoms. The van der Waals surface area contributed by atoms with Crippen LogP contribution in [-0.2, 0) is 11.2 Å². The normalized spacial score (nSPS) is 10.1.